The van der Waals surface area contributed by atoms with Crippen LogP contribution in [0.15, 0.2) is 71.7 Å². The number of carbonyl (C=O) groups is 2. The lowest BCUT2D eigenvalue weighted by molar-refractivity contribution is -0.117. The summed E-state index contributed by atoms with van der Waals surface area (Å²) in [6.07, 6.45) is 1.37. The molecule has 32 heavy (non-hydrogen) atoms. The van der Waals surface area contributed by atoms with E-state index in [9.17, 15) is 18.8 Å². The number of fused-ring (bicyclic) bond motifs is 1. The molecule has 162 valence electrons. The van der Waals surface area contributed by atoms with Gasteiger partial charge in [0.15, 0.2) is 5.65 Å². The smallest absolute Gasteiger partial charge is 0.348 e. The van der Waals surface area contributed by atoms with E-state index in [2.05, 4.69) is 15.7 Å². The summed E-state index contributed by atoms with van der Waals surface area (Å²) < 4.78 is 16.1. The minimum absolute atomic E-state index is 0.0230. The second kappa shape index (κ2) is 8.84. The molecule has 2 heterocycles. The van der Waals surface area contributed by atoms with Gasteiger partial charge in [-0.3, -0.25) is 9.59 Å². The third kappa shape index (κ3) is 4.56. The van der Waals surface area contributed by atoms with Crippen molar-refractivity contribution in [2.24, 2.45) is 0 Å². The Morgan fingerprint density at radius 1 is 1.06 bits per heavy atom. The maximum atomic E-state index is 13.9. The van der Waals surface area contributed by atoms with Crippen molar-refractivity contribution in [2.45, 2.75) is 20.0 Å². The number of anilines is 1. The summed E-state index contributed by atoms with van der Waals surface area (Å²) >= 11 is 0. The Morgan fingerprint density at radius 2 is 1.84 bits per heavy atom. The average molecular weight is 433 g/mol. The molecule has 0 radical (unpaired) electrons. The first kappa shape index (κ1) is 21.0. The van der Waals surface area contributed by atoms with E-state index in [4.69, 9.17) is 0 Å². The molecule has 0 aliphatic carbocycles. The first-order valence-electron chi connectivity index (χ1n) is 9.88. The molecule has 2 aromatic carbocycles. The second-order valence-electron chi connectivity index (χ2n) is 7.29. The number of benzene rings is 2. The fourth-order valence-corrected chi connectivity index (χ4v) is 3.18. The Bertz CT molecular complexity index is 1360. The molecule has 0 saturated carbocycles. The number of hydrogen-bond donors (Lipinski definition) is 2. The summed E-state index contributed by atoms with van der Waals surface area (Å²) in [7, 11) is 0. The van der Waals surface area contributed by atoms with E-state index in [1.54, 1.807) is 19.1 Å². The molecule has 0 fully saturated rings. The summed E-state index contributed by atoms with van der Waals surface area (Å²) in [5, 5.41) is 9.33. The molecule has 4 aromatic rings. The van der Waals surface area contributed by atoms with Crippen LogP contribution in [0.25, 0.3) is 5.65 Å². The van der Waals surface area contributed by atoms with Gasteiger partial charge in [-0.25, -0.2) is 18.3 Å². The van der Waals surface area contributed by atoms with Crippen molar-refractivity contribution in [1.29, 1.82) is 0 Å². The van der Waals surface area contributed by atoms with Crippen molar-refractivity contribution in [3.05, 3.63) is 99.9 Å². The van der Waals surface area contributed by atoms with Gasteiger partial charge in [-0.2, -0.15) is 0 Å². The maximum absolute atomic E-state index is 13.9. The first-order chi connectivity index (χ1) is 15.4. The summed E-state index contributed by atoms with van der Waals surface area (Å²) in [6.45, 7) is 1.69. The number of aromatic nitrogens is 3. The molecule has 2 N–H and O–H groups in total. The van der Waals surface area contributed by atoms with Crippen molar-refractivity contribution < 1.29 is 14.0 Å². The monoisotopic (exact) mass is 433 g/mol. The zero-order valence-corrected chi connectivity index (χ0v) is 17.2. The fourth-order valence-electron chi connectivity index (χ4n) is 3.18. The minimum Gasteiger partial charge on any atom is -0.348 e. The predicted molar refractivity (Wildman–Crippen MR) is 117 cm³/mol. The van der Waals surface area contributed by atoms with Gasteiger partial charge in [0.1, 0.15) is 12.4 Å². The van der Waals surface area contributed by atoms with Crippen LogP contribution in [-0.4, -0.2) is 26.0 Å². The van der Waals surface area contributed by atoms with Crippen molar-refractivity contribution >= 4 is 23.1 Å². The molecule has 8 nitrogen and oxygen atoms in total. The van der Waals surface area contributed by atoms with E-state index in [0.717, 1.165) is 15.8 Å². The highest BCUT2D eigenvalue weighted by Crippen LogP contribution is 2.15. The molecule has 0 unspecified atom stereocenters. The van der Waals surface area contributed by atoms with Gasteiger partial charge in [-0.15, -0.1) is 5.10 Å². The highest BCUT2D eigenvalue weighted by molar-refractivity contribution is 5.94. The lowest BCUT2D eigenvalue weighted by Gasteiger charge is -2.06. The van der Waals surface area contributed by atoms with Gasteiger partial charge >= 0.3 is 5.69 Å². The number of rotatable bonds is 6. The van der Waals surface area contributed by atoms with Gasteiger partial charge in [0, 0.05) is 12.7 Å². The Kier molecular flexibility index (Phi) is 5.80. The van der Waals surface area contributed by atoms with Crippen LogP contribution in [0.4, 0.5) is 10.1 Å². The van der Waals surface area contributed by atoms with Crippen LogP contribution in [-0.2, 0) is 17.9 Å². The predicted octanol–water partition coefficient (Wildman–Crippen LogP) is 2.51. The molecule has 2 aromatic heterocycles. The van der Waals surface area contributed by atoms with Crippen molar-refractivity contribution in [3.8, 4) is 0 Å². The van der Waals surface area contributed by atoms with Crippen LogP contribution in [0.1, 0.15) is 21.5 Å². The van der Waals surface area contributed by atoms with E-state index >= 15 is 0 Å². The van der Waals surface area contributed by atoms with Gasteiger partial charge in [0.25, 0.3) is 5.91 Å². The van der Waals surface area contributed by atoms with E-state index in [1.165, 1.54) is 28.8 Å². The van der Waals surface area contributed by atoms with Crippen LogP contribution < -0.4 is 16.3 Å². The molecule has 4 rings (SSSR count). The topological polar surface area (TPSA) is 97.5 Å². The van der Waals surface area contributed by atoms with E-state index in [-0.39, 0.29) is 22.8 Å². The first-order valence-corrected chi connectivity index (χ1v) is 9.88. The van der Waals surface area contributed by atoms with Gasteiger partial charge in [0.2, 0.25) is 5.91 Å². The molecule has 9 heteroatoms. The van der Waals surface area contributed by atoms with Crippen molar-refractivity contribution in [2.75, 3.05) is 5.32 Å². The van der Waals surface area contributed by atoms with E-state index in [1.807, 2.05) is 30.3 Å². The van der Waals surface area contributed by atoms with Gasteiger partial charge in [-0.05, 0) is 42.3 Å². The standard InChI is InChI=1S/C23H20FN5O3/c1-15-7-9-19(18(24)11-15)26-21(30)14-29-23(32)28-13-17(8-10-20(28)27-29)22(31)25-12-16-5-3-2-4-6-16/h2-11,13H,12,14H2,1H3,(H,25,31)(H,26,30). The van der Waals surface area contributed by atoms with Gasteiger partial charge < -0.3 is 10.6 Å². The number of pyridine rings is 1. The van der Waals surface area contributed by atoms with Gasteiger partial charge in [-0.1, -0.05) is 36.4 Å². The highest BCUT2D eigenvalue weighted by atomic mass is 19.1. The number of carbonyl (C=O) groups excluding carboxylic acids is 2. The molecular weight excluding hydrogens is 413 g/mol. The second-order valence-corrected chi connectivity index (χ2v) is 7.29. The summed E-state index contributed by atoms with van der Waals surface area (Å²) in [4.78, 5) is 37.4. The highest BCUT2D eigenvalue weighted by Gasteiger charge is 2.14. The lowest BCUT2D eigenvalue weighted by Crippen LogP contribution is -2.29. The minimum atomic E-state index is -0.598. The largest absolute Gasteiger partial charge is 0.350 e. The molecule has 0 saturated heterocycles. The third-order valence-corrected chi connectivity index (χ3v) is 4.83. The number of nitrogens with one attached hydrogen (secondary N) is 2. The van der Waals surface area contributed by atoms with Crippen LogP contribution in [0.3, 0.4) is 0 Å². The number of hydrogen-bond acceptors (Lipinski definition) is 4. The zero-order chi connectivity index (χ0) is 22.7. The number of halogens is 1. The van der Waals surface area contributed by atoms with Crippen LogP contribution in [0, 0.1) is 12.7 Å². The summed E-state index contributed by atoms with van der Waals surface area (Å²) in [5.74, 6) is -1.51. The van der Waals surface area contributed by atoms with Crippen molar-refractivity contribution in [3.63, 3.8) is 0 Å². The molecule has 0 aliphatic rings. The molecule has 0 bridgehead atoms. The van der Waals surface area contributed by atoms with Crippen molar-refractivity contribution in [1.82, 2.24) is 19.5 Å². The van der Waals surface area contributed by atoms with Crippen LogP contribution in [0.2, 0.25) is 0 Å². The molecule has 2 amide bonds. The SMILES string of the molecule is Cc1ccc(NC(=O)Cn2nc3ccc(C(=O)NCc4ccccc4)cn3c2=O)c(F)c1. The number of amides is 2. The van der Waals surface area contributed by atoms with E-state index < -0.39 is 24.0 Å². The number of aryl methyl sites for hydroxylation is 1. The van der Waals surface area contributed by atoms with Crippen LogP contribution >= 0.6 is 0 Å². The lowest BCUT2D eigenvalue weighted by atomic mass is 10.2. The summed E-state index contributed by atoms with van der Waals surface area (Å²) in [5.41, 5.74) is 1.67. The normalized spacial score (nSPS) is 10.8. The quantitative estimate of drug-likeness (QED) is 0.488. The Balaban J connectivity index is 1.48. The van der Waals surface area contributed by atoms with Crippen LogP contribution in [0.5, 0.6) is 0 Å². The fraction of sp³-hybridized carbons (Fsp3) is 0.130. The van der Waals surface area contributed by atoms with Gasteiger partial charge in [0.05, 0.1) is 11.3 Å². The molecule has 0 atom stereocenters. The molecule has 0 aliphatic heterocycles. The number of nitrogens with zero attached hydrogens (tertiary/aromatic N) is 3. The molecule has 0 spiro atoms. The Hall–Kier alpha value is -4.27. The Morgan fingerprint density at radius 3 is 2.59 bits per heavy atom. The van der Waals surface area contributed by atoms with E-state index in [0.29, 0.717) is 6.54 Å². The Labute approximate surface area is 182 Å². The zero-order valence-electron chi connectivity index (χ0n) is 17.2. The third-order valence-electron chi connectivity index (χ3n) is 4.83. The summed E-state index contributed by atoms with van der Waals surface area (Å²) in [6, 6.07) is 16.9. The maximum Gasteiger partial charge on any atom is 0.350 e. The average Bonchev–Trinajstić information content (AvgIpc) is 3.09. The molecular formula is C23H20FN5O3.